The summed E-state index contributed by atoms with van der Waals surface area (Å²) in [5.74, 6) is 3.25. The molecule has 0 aliphatic heterocycles. The zero-order valence-corrected chi connectivity index (χ0v) is 13.0. The second-order valence-electron chi connectivity index (χ2n) is 4.11. The molecule has 102 valence electrons. The lowest BCUT2D eigenvalue weighted by Gasteiger charge is -2.12. The fourth-order valence-electron chi connectivity index (χ4n) is 1.71. The average molecular weight is 351 g/mol. The molecule has 0 aromatic heterocycles. The maximum atomic E-state index is 5.86. The minimum Gasteiger partial charge on any atom is -0.481 e. The van der Waals surface area contributed by atoms with E-state index in [2.05, 4.69) is 27.2 Å². The van der Waals surface area contributed by atoms with Crippen molar-refractivity contribution in [2.45, 2.75) is 6.54 Å². The van der Waals surface area contributed by atoms with Gasteiger partial charge in [0.15, 0.2) is 0 Å². The maximum Gasteiger partial charge on any atom is 0.148 e. The summed E-state index contributed by atoms with van der Waals surface area (Å²) in [5, 5.41) is 4.04. The Hall–Kier alpha value is -1.63. The fourth-order valence-corrected chi connectivity index (χ4v) is 2.25. The van der Waals surface area contributed by atoms with Crippen LogP contribution in [0.15, 0.2) is 46.9 Å². The molecule has 0 aliphatic carbocycles. The summed E-state index contributed by atoms with van der Waals surface area (Å²) in [6.45, 7) is 0.899. The highest BCUT2D eigenvalue weighted by Crippen LogP contribution is 2.24. The Kier molecular flexibility index (Phi) is 5.34. The predicted molar refractivity (Wildman–Crippen MR) is 87.2 cm³/mol. The lowest BCUT2D eigenvalue weighted by molar-refractivity contribution is 0.366. The van der Waals surface area contributed by atoms with Crippen LogP contribution in [-0.4, -0.2) is 6.61 Å². The van der Waals surface area contributed by atoms with Crippen LogP contribution in [0.1, 0.15) is 5.56 Å². The Morgan fingerprint density at radius 3 is 2.65 bits per heavy atom. The molecule has 0 aliphatic rings. The molecule has 0 spiro atoms. The third-order valence-electron chi connectivity index (χ3n) is 2.66. The van der Waals surface area contributed by atoms with Gasteiger partial charge in [-0.1, -0.05) is 33.5 Å². The molecule has 0 atom stereocenters. The van der Waals surface area contributed by atoms with E-state index in [9.17, 15) is 0 Å². The van der Waals surface area contributed by atoms with Gasteiger partial charge in [0.1, 0.15) is 12.4 Å². The minimum absolute atomic E-state index is 0.260. The Morgan fingerprint density at radius 1 is 1.20 bits per heavy atom. The Balaban J connectivity index is 2.09. The highest BCUT2D eigenvalue weighted by molar-refractivity contribution is 9.10. The van der Waals surface area contributed by atoms with Crippen LogP contribution in [0.4, 0.5) is 5.69 Å². The van der Waals surface area contributed by atoms with Gasteiger partial charge in [-0.3, -0.25) is 0 Å². The van der Waals surface area contributed by atoms with Crippen LogP contribution in [0.2, 0.25) is 5.02 Å². The van der Waals surface area contributed by atoms with Crippen LogP contribution >= 0.6 is 27.5 Å². The predicted octanol–water partition coefficient (Wildman–Crippen LogP) is 4.73. The molecule has 20 heavy (non-hydrogen) atoms. The van der Waals surface area contributed by atoms with Gasteiger partial charge in [-0.2, -0.15) is 0 Å². The van der Waals surface area contributed by atoms with E-state index in [4.69, 9.17) is 22.8 Å². The van der Waals surface area contributed by atoms with Crippen LogP contribution in [0.25, 0.3) is 0 Å². The number of halogens is 2. The van der Waals surface area contributed by atoms with Gasteiger partial charge in [0, 0.05) is 27.3 Å². The molecule has 0 heterocycles. The molecule has 0 saturated heterocycles. The second kappa shape index (κ2) is 7.23. The molecule has 2 nitrogen and oxygen atoms in total. The summed E-state index contributed by atoms with van der Waals surface area (Å²) in [6.07, 6.45) is 5.22. The summed E-state index contributed by atoms with van der Waals surface area (Å²) in [6, 6.07) is 13.4. The van der Waals surface area contributed by atoms with Crippen LogP contribution in [0.3, 0.4) is 0 Å². The normalized spacial score (nSPS) is 9.85. The van der Waals surface area contributed by atoms with Crippen LogP contribution in [0, 0.1) is 12.3 Å². The smallest absolute Gasteiger partial charge is 0.148 e. The van der Waals surface area contributed by atoms with E-state index in [1.54, 1.807) is 0 Å². The SMILES string of the molecule is C#CCOc1ccc(Br)cc1CNc1ccc(Cl)cc1. The van der Waals surface area contributed by atoms with Crippen molar-refractivity contribution in [2.24, 2.45) is 0 Å². The fraction of sp³-hybridized carbons (Fsp3) is 0.125. The molecule has 2 rings (SSSR count). The molecule has 2 aromatic rings. The molecule has 1 N–H and O–H groups in total. The third kappa shape index (κ3) is 4.19. The monoisotopic (exact) mass is 349 g/mol. The standard InChI is InChI=1S/C16H13BrClNO/c1-2-9-20-16-8-3-13(17)10-12(16)11-19-15-6-4-14(18)5-7-15/h1,3-8,10,19H,9,11H2. The first-order valence-corrected chi connectivity index (χ1v) is 7.20. The molecule has 0 saturated carbocycles. The van der Waals surface area contributed by atoms with E-state index in [1.807, 2.05) is 42.5 Å². The Bertz CT molecular complexity index is 619. The molecule has 4 heteroatoms. The van der Waals surface area contributed by atoms with Gasteiger partial charge < -0.3 is 10.1 Å². The van der Waals surface area contributed by atoms with Crippen molar-refractivity contribution < 1.29 is 4.74 Å². The lowest BCUT2D eigenvalue weighted by Crippen LogP contribution is -2.03. The van der Waals surface area contributed by atoms with Crippen molar-refractivity contribution in [3.8, 4) is 18.1 Å². The van der Waals surface area contributed by atoms with Crippen LogP contribution < -0.4 is 10.1 Å². The highest BCUT2D eigenvalue weighted by atomic mass is 79.9. The first kappa shape index (κ1) is 14.8. The van der Waals surface area contributed by atoms with Crippen molar-refractivity contribution in [1.29, 1.82) is 0 Å². The number of hydrogen-bond acceptors (Lipinski definition) is 2. The topological polar surface area (TPSA) is 21.3 Å². The molecular formula is C16H13BrClNO. The summed E-state index contributed by atoms with van der Waals surface area (Å²) in [4.78, 5) is 0. The second-order valence-corrected chi connectivity index (χ2v) is 5.46. The highest BCUT2D eigenvalue weighted by Gasteiger charge is 2.04. The van der Waals surface area contributed by atoms with E-state index in [0.717, 1.165) is 26.5 Å². The Labute approximate surface area is 132 Å². The van der Waals surface area contributed by atoms with Gasteiger partial charge in [0.05, 0.1) is 0 Å². The van der Waals surface area contributed by atoms with Crippen LogP contribution in [0.5, 0.6) is 5.75 Å². The van der Waals surface area contributed by atoms with E-state index < -0.39 is 0 Å². The van der Waals surface area contributed by atoms with E-state index in [0.29, 0.717) is 6.54 Å². The number of anilines is 1. The number of hydrogen-bond donors (Lipinski definition) is 1. The number of rotatable bonds is 5. The molecule has 0 bridgehead atoms. The van der Waals surface area contributed by atoms with Gasteiger partial charge >= 0.3 is 0 Å². The number of ether oxygens (including phenoxy) is 1. The van der Waals surface area contributed by atoms with Crippen LogP contribution in [-0.2, 0) is 6.54 Å². The largest absolute Gasteiger partial charge is 0.481 e. The first-order valence-electron chi connectivity index (χ1n) is 6.03. The van der Waals surface area contributed by atoms with E-state index in [1.165, 1.54) is 0 Å². The van der Waals surface area contributed by atoms with E-state index in [-0.39, 0.29) is 6.61 Å². The van der Waals surface area contributed by atoms with Crippen molar-refractivity contribution in [2.75, 3.05) is 11.9 Å². The molecule has 2 aromatic carbocycles. The van der Waals surface area contributed by atoms with Crippen molar-refractivity contribution in [1.82, 2.24) is 0 Å². The maximum absolute atomic E-state index is 5.86. The average Bonchev–Trinajstić information content (AvgIpc) is 2.46. The lowest BCUT2D eigenvalue weighted by atomic mass is 10.2. The number of nitrogens with one attached hydrogen (secondary N) is 1. The van der Waals surface area contributed by atoms with Gasteiger partial charge in [0.2, 0.25) is 0 Å². The summed E-state index contributed by atoms with van der Waals surface area (Å²) in [7, 11) is 0. The zero-order valence-electron chi connectivity index (χ0n) is 10.7. The minimum atomic E-state index is 0.260. The number of terminal acetylenes is 1. The van der Waals surface area contributed by atoms with Gasteiger partial charge in [-0.15, -0.1) is 6.42 Å². The van der Waals surface area contributed by atoms with Gasteiger partial charge in [0.25, 0.3) is 0 Å². The van der Waals surface area contributed by atoms with Crippen molar-refractivity contribution in [3.05, 3.63) is 57.5 Å². The first-order chi connectivity index (χ1) is 9.69. The third-order valence-corrected chi connectivity index (χ3v) is 3.41. The van der Waals surface area contributed by atoms with Crippen molar-refractivity contribution in [3.63, 3.8) is 0 Å². The van der Waals surface area contributed by atoms with Gasteiger partial charge in [-0.05, 0) is 42.5 Å². The molecule has 0 amide bonds. The molecular weight excluding hydrogens is 338 g/mol. The quantitative estimate of drug-likeness (QED) is 0.787. The summed E-state index contributed by atoms with van der Waals surface area (Å²) >= 11 is 9.32. The van der Waals surface area contributed by atoms with Crippen molar-refractivity contribution >= 4 is 33.2 Å². The molecule has 0 radical (unpaired) electrons. The summed E-state index contributed by atoms with van der Waals surface area (Å²) in [5.41, 5.74) is 2.03. The summed E-state index contributed by atoms with van der Waals surface area (Å²) < 4.78 is 6.53. The molecule has 0 unspecified atom stereocenters. The van der Waals surface area contributed by atoms with Gasteiger partial charge in [-0.25, -0.2) is 0 Å². The number of benzene rings is 2. The Morgan fingerprint density at radius 2 is 1.95 bits per heavy atom. The zero-order chi connectivity index (χ0) is 14.4. The van der Waals surface area contributed by atoms with E-state index >= 15 is 0 Å². The molecule has 0 fully saturated rings.